The molecule has 1 spiro atoms. The maximum Gasteiger partial charge on any atom is 0.174 e. The molecule has 8 atom stereocenters. The molecule has 0 aromatic rings. The largest absolute Gasteiger partial charge is 0.342 e. The van der Waals surface area contributed by atoms with E-state index < -0.39 is 0 Å². The lowest BCUT2D eigenvalue weighted by Crippen LogP contribution is -2.56. The summed E-state index contributed by atoms with van der Waals surface area (Å²) in [6.45, 7) is 5.25. The fraction of sp³-hybridized carbons (Fsp3) is 1.00. The summed E-state index contributed by atoms with van der Waals surface area (Å²) < 4.78 is 13.7. The Morgan fingerprint density at radius 1 is 0.741 bits per heavy atom. The molecule has 2 nitrogen and oxygen atoms in total. The van der Waals surface area contributed by atoms with Gasteiger partial charge in [0.15, 0.2) is 5.79 Å². The summed E-state index contributed by atoms with van der Waals surface area (Å²) in [4.78, 5) is 0. The van der Waals surface area contributed by atoms with Crippen molar-refractivity contribution in [1.29, 1.82) is 0 Å². The molecule has 6 rings (SSSR count). The Labute approximate surface area is 173 Å². The van der Waals surface area contributed by atoms with Gasteiger partial charge in [-0.25, -0.2) is 0 Å². The monoisotopic (exact) mass is 408 g/mol. The molecule has 152 valence electrons. The van der Waals surface area contributed by atoms with Gasteiger partial charge in [-0.3, -0.25) is 0 Å². The van der Waals surface area contributed by atoms with Gasteiger partial charge in [0.1, 0.15) is 0 Å². The molecule has 0 radical (unpaired) electrons. The van der Waals surface area contributed by atoms with Gasteiger partial charge in [0.05, 0.1) is 12.2 Å². The second-order valence-electron chi connectivity index (χ2n) is 11.0. The second kappa shape index (κ2) is 6.31. The predicted molar refractivity (Wildman–Crippen MR) is 114 cm³/mol. The Morgan fingerprint density at radius 3 is 2.26 bits per heavy atom. The predicted octanol–water partition coefficient (Wildman–Crippen LogP) is 6.29. The van der Waals surface area contributed by atoms with Crippen LogP contribution in [0.3, 0.4) is 0 Å². The highest BCUT2D eigenvalue weighted by Crippen LogP contribution is 2.70. The maximum atomic E-state index is 6.84. The van der Waals surface area contributed by atoms with E-state index in [1.807, 2.05) is 21.6 Å². The zero-order chi connectivity index (χ0) is 18.3. The first kappa shape index (κ1) is 18.4. The molecule has 0 bridgehead atoms. The summed E-state index contributed by atoms with van der Waals surface area (Å²) in [6, 6.07) is 0. The number of rotatable bonds is 0. The molecule has 4 aliphatic carbocycles. The second-order valence-corrected chi connectivity index (χ2v) is 13.6. The molecule has 4 heteroatoms. The van der Waals surface area contributed by atoms with Crippen molar-refractivity contribution in [1.82, 2.24) is 0 Å². The van der Waals surface area contributed by atoms with E-state index in [2.05, 4.69) is 13.8 Å². The van der Waals surface area contributed by atoms with Gasteiger partial charge in [-0.05, 0) is 74.0 Å². The standard InChI is InChI=1S/C23H36O2S2/c1-21-10-4-3-5-15(21)6-7-16-17(21)8-11-22(2)18(16)9-12-23(22)24-19-13-26-27-14-20(19)25-23/h15-20H,3-14H2,1-2H3/t15?,16?,17?,18?,19?,20?,21-,22-,23?/m0/s1. The summed E-state index contributed by atoms with van der Waals surface area (Å²) in [7, 11) is 3.97. The van der Waals surface area contributed by atoms with Crippen molar-refractivity contribution in [2.24, 2.45) is 34.5 Å². The smallest absolute Gasteiger partial charge is 0.174 e. The average Bonchev–Trinajstić information content (AvgIpc) is 3.19. The molecule has 0 amide bonds. The third kappa shape index (κ3) is 2.42. The minimum Gasteiger partial charge on any atom is -0.342 e. The first-order valence-electron chi connectivity index (χ1n) is 11.7. The normalized spacial score (nSPS) is 59.8. The van der Waals surface area contributed by atoms with Gasteiger partial charge in [0, 0.05) is 23.3 Å². The Hall–Kier alpha value is 0.620. The Morgan fingerprint density at radius 2 is 1.48 bits per heavy atom. The first-order valence-corrected chi connectivity index (χ1v) is 14.1. The van der Waals surface area contributed by atoms with Crippen LogP contribution in [0, 0.1) is 34.5 Å². The summed E-state index contributed by atoms with van der Waals surface area (Å²) >= 11 is 0. The molecule has 6 aliphatic rings. The van der Waals surface area contributed by atoms with Crippen LogP contribution in [0.25, 0.3) is 0 Å². The molecule has 0 N–H and O–H groups in total. The van der Waals surface area contributed by atoms with Crippen LogP contribution in [-0.4, -0.2) is 29.5 Å². The van der Waals surface area contributed by atoms with E-state index >= 15 is 0 Å². The molecule has 0 aromatic heterocycles. The van der Waals surface area contributed by atoms with E-state index in [0.717, 1.165) is 41.6 Å². The van der Waals surface area contributed by atoms with Crippen molar-refractivity contribution in [3.05, 3.63) is 0 Å². The number of ether oxygens (including phenoxy) is 2. The van der Waals surface area contributed by atoms with Gasteiger partial charge in [-0.15, -0.1) is 0 Å². The third-order valence-electron chi connectivity index (χ3n) is 10.3. The van der Waals surface area contributed by atoms with E-state index in [1.165, 1.54) is 57.8 Å². The van der Waals surface area contributed by atoms with Crippen LogP contribution in [0.2, 0.25) is 0 Å². The summed E-state index contributed by atoms with van der Waals surface area (Å²) in [6.07, 6.45) is 14.9. The molecule has 4 saturated carbocycles. The molecular weight excluding hydrogens is 372 g/mol. The lowest BCUT2D eigenvalue weighted by atomic mass is 9.45. The topological polar surface area (TPSA) is 18.5 Å². The van der Waals surface area contributed by atoms with E-state index in [1.54, 1.807) is 0 Å². The van der Waals surface area contributed by atoms with Crippen LogP contribution >= 0.6 is 21.6 Å². The van der Waals surface area contributed by atoms with Gasteiger partial charge >= 0.3 is 0 Å². The fourth-order valence-corrected chi connectivity index (χ4v) is 11.2. The van der Waals surface area contributed by atoms with Crippen molar-refractivity contribution < 1.29 is 9.47 Å². The van der Waals surface area contributed by atoms with E-state index in [9.17, 15) is 0 Å². The maximum absolute atomic E-state index is 6.84. The third-order valence-corrected chi connectivity index (χ3v) is 12.7. The van der Waals surface area contributed by atoms with Crippen molar-refractivity contribution in [2.45, 2.75) is 96.1 Å². The number of hydrogen-bond donors (Lipinski definition) is 0. The zero-order valence-corrected chi connectivity index (χ0v) is 18.7. The Balaban J connectivity index is 1.30. The Kier molecular flexibility index (Phi) is 4.30. The van der Waals surface area contributed by atoms with E-state index in [4.69, 9.17) is 9.47 Å². The molecule has 0 aromatic carbocycles. The van der Waals surface area contributed by atoms with E-state index in [0.29, 0.717) is 17.6 Å². The van der Waals surface area contributed by atoms with Crippen LogP contribution in [-0.2, 0) is 9.47 Å². The van der Waals surface area contributed by atoms with Gasteiger partial charge in [0.2, 0.25) is 0 Å². The minimum atomic E-state index is -0.256. The minimum absolute atomic E-state index is 0.249. The molecule has 6 fully saturated rings. The van der Waals surface area contributed by atoms with Crippen LogP contribution in [0.4, 0.5) is 0 Å². The van der Waals surface area contributed by atoms with Crippen molar-refractivity contribution in [3.8, 4) is 0 Å². The quantitative estimate of drug-likeness (QED) is 0.438. The Bertz CT molecular complexity index is 597. The molecule has 2 heterocycles. The van der Waals surface area contributed by atoms with Crippen molar-refractivity contribution in [2.75, 3.05) is 11.5 Å². The fourth-order valence-electron chi connectivity index (χ4n) is 8.82. The SMILES string of the molecule is C[C@]12CCCCC1CCC1C2CC[C@@]2(C)C1CCC21OC2CSSCC2O1. The highest BCUT2D eigenvalue weighted by molar-refractivity contribution is 8.76. The van der Waals surface area contributed by atoms with Gasteiger partial charge in [0.25, 0.3) is 0 Å². The van der Waals surface area contributed by atoms with Crippen molar-refractivity contribution >= 4 is 21.6 Å². The van der Waals surface area contributed by atoms with Crippen LogP contribution < -0.4 is 0 Å². The van der Waals surface area contributed by atoms with Gasteiger partial charge in [-0.1, -0.05) is 48.3 Å². The molecule has 2 aliphatic heterocycles. The molecule has 2 saturated heterocycles. The van der Waals surface area contributed by atoms with Crippen molar-refractivity contribution in [3.63, 3.8) is 0 Å². The van der Waals surface area contributed by atoms with Crippen LogP contribution in [0.5, 0.6) is 0 Å². The number of hydrogen-bond acceptors (Lipinski definition) is 4. The summed E-state index contributed by atoms with van der Waals surface area (Å²) in [5.74, 6) is 5.72. The molecular formula is C23H36O2S2. The average molecular weight is 409 g/mol. The van der Waals surface area contributed by atoms with Crippen LogP contribution in [0.1, 0.15) is 78.1 Å². The number of fused-ring (bicyclic) bond motifs is 7. The molecule has 27 heavy (non-hydrogen) atoms. The first-order chi connectivity index (χ1) is 13.1. The molecule has 6 unspecified atom stereocenters. The van der Waals surface area contributed by atoms with Gasteiger partial charge in [-0.2, -0.15) is 0 Å². The lowest BCUT2D eigenvalue weighted by molar-refractivity contribution is -0.257. The zero-order valence-electron chi connectivity index (χ0n) is 17.1. The highest BCUT2D eigenvalue weighted by Gasteiger charge is 2.69. The summed E-state index contributed by atoms with van der Waals surface area (Å²) in [5, 5.41) is 0. The summed E-state index contributed by atoms with van der Waals surface area (Å²) in [5.41, 5.74) is 0.885. The van der Waals surface area contributed by atoms with Gasteiger partial charge < -0.3 is 9.47 Å². The highest BCUT2D eigenvalue weighted by atomic mass is 33.1. The van der Waals surface area contributed by atoms with Crippen LogP contribution in [0.15, 0.2) is 0 Å². The lowest BCUT2D eigenvalue weighted by Gasteiger charge is -2.61. The van der Waals surface area contributed by atoms with E-state index in [-0.39, 0.29) is 11.2 Å².